The molecule has 0 saturated carbocycles. The van der Waals surface area contributed by atoms with Gasteiger partial charge < -0.3 is 9.47 Å². The fourth-order valence-corrected chi connectivity index (χ4v) is 5.41. The van der Waals surface area contributed by atoms with Gasteiger partial charge in [0.15, 0.2) is 22.6 Å². The highest BCUT2D eigenvalue weighted by Crippen LogP contribution is 2.25. The summed E-state index contributed by atoms with van der Waals surface area (Å²) in [5.74, 6) is -1.56. The Kier molecular flexibility index (Phi) is 9.95. The first-order valence-electron chi connectivity index (χ1n) is 13.9. The highest BCUT2D eigenvalue weighted by Gasteiger charge is 2.14. The van der Waals surface area contributed by atoms with Crippen LogP contribution in [0.1, 0.15) is 28.7 Å². The summed E-state index contributed by atoms with van der Waals surface area (Å²) in [4.78, 5) is 12.6. The summed E-state index contributed by atoms with van der Waals surface area (Å²) >= 11 is 0. The predicted octanol–water partition coefficient (Wildman–Crippen LogP) is 6.96. The monoisotopic (exact) mass is 610 g/mol. The van der Waals surface area contributed by atoms with E-state index in [9.17, 15) is 17.8 Å². The van der Waals surface area contributed by atoms with Gasteiger partial charge in [-0.1, -0.05) is 60.7 Å². The van der Waals surface area contributed by atoms with Crippen molar-refractivity contribution >= 4 is 27.7 Å². The Labute approximate surface area is 256 Å². The molecule has 0 spiro atoms. The van der Waals surface area contributed by atoms with Crippen molar-refractivity contribution in [3.8, 4) is 17.6 Å². The Morgan fingerprint density at radius 2 is 1.61 bits per heavy atom. The molecular formula is C35H28F2N2O4S. The minimum atomic E-state index is -2.03. The van der Waals surface area contributed by atoms with Crippen molar-refractivity contribution in [3.05, 3.63) is 137 Å². The number of ether oxygens (including phenoxy) is 2. The van der Waals surface area contributed by atoms with Gasteiger partial charge in [-0.15, -0.1) is 0 Å². The van der Waals surface area contributed by atoms with Gasteiger partial charge in [-0.05, 0) is 76.3 Å². The lowest BCUT2D eigenvalue weighted by Crippen LogP contribution is -2.26. The molecule has 0 fully saturated rings. The van der Waals surface area contributed by atoms with E-state index >= 15 is 0 Å². The summed E-state index contributed by atoms with van der Waals surface area (Å²) in [7, 11) is -2.03. The van der Waals surface area contributed by atoms with Crippen LogP contribution in [0, 0.1) is 23.0 Å². The third-order valence-corrected chi connectivity index (χ3v) is 7.99. The van der Waals surface area contributed by atoms with Crippen molar-refractivity contribution in [2.24, 2.45) is 0 Å². The Hall–Kier alpha value is -5.07. The summed E-state index contributed by atoms with van der Waals surface area (Å²) in [6, 6.07) is 31.8. The summed E-state index contributed by atoms with van der Waals surface area (Å²) < 4.78 is 53.7. The van der Waals surface area contributed by atoms with Crippen LogP contribution < -0.4 is 14.2 Å². The van der Waals surface area contributed by atoms with Gasteiger partial charge >= 0.3 is 0 Å². The Bertz CT molecular complexity index is 1870. The van der Waals surface area contributed by atoms with Gasteiger partial charge in [0.25, 0.3) is 0 Å². The third-order valence-electron chi connectivity index (χ3n) is 6.90. The van der Waals surface area contributed by atoms with Gasteiger partial charge in [0.05, 0.1) is 23.1 Å². The molecule has 0 aliphatic carbocycles. The smallest absolute Gasteiger partial charge is 0.232 e. The molecule has 0 aromatic heterocycles. The van der Waals surface area contributed by atoms with E-state index in [0.29, 0.717) is 30.1 Å². The lowest BCUT2D eigenvalue weighted by Gasteiger charge is -2.15. The maximum Gasteiger partial charge on any atom is 0.232 e. The first-order chi connectivity index (χ1) is 21.4. The van der Waals surface area contributed by atoms with Crippen LogP contribution >= 0.6 is 0 Å². The minimum Gasteiger partial charge on any atom is -0.493 e. The quantitative estimate of drug-likeness (QED) is 0.165. The SMILES string of the molecule is N#Cc1cccc(OCc2ccc(CCC(=O)NS(=O)c3ccc(F)c(F)c3)c(OCCc3ccc4ccccc4c3)c2)c1. The molecular weight excluding hydrogens is 582 g/mol. The number of nitriles is 1. The zero-order chi connectivity index (χ0) is 30.9. The number of hydrogen-bond acceptors (Lipinski definition) is 5. The highest BCUT2D eigenvalue weighted by molar-refractivity contribution is 7.83. The van der Waals surface area contributed by atoms with Crippen LogP contribution in [-0.2, 0) is 35.2 Å². The number of nitrogens with one attached hydrogen (secondary N) is 1. The summed E-state index contributed by atoms with van der Waals surface area (Å²) in [5.41, 5.74) is 3.23. The van der Waals surface area contributed by atoms with Gasteiger partial charge in [0, 0.05) is 12.8 Å². The maximum absolute atomic E-state index is 13.5. The average molecular weight is 611 g/mol. The van der Waals surface area contributed by atoms with Crippen LogP contribution in [-0.4, -0.2) is 16.7 Å². The number of aryl methyl sites for hydroxylation is 1. The van der Waals surface area contributed by atoms with Gasteiger partial charge in [-0.2, -0.15) is 5.26 Å². The molecule has 9 heteroatoms. The van der Waals surface area contributed by atoms with Crippen molar-refractivity contribution in [1.29, 1.82) is 5.26 Å². The molecule has 0 heterocycles. The molecule has 0 bridgehead atoms. The molecule has 5 aromatic carbocycles. The number of carbonyl (C=O) groups is 1. The van der Waals surface area contributed by atoms with Gasteiger partial charge in [0.1, 0.15) is 18.1 Å². The normalized spacial score (nSPS) is 11.5. The lowest BCUT2D eigenvalue weighted by molar-refractivity contribution is -0.119. The number of hydrogen-bond donors (Lipinski definition) is 1. The summed E-state index contributed by atoms with van der Waals surface area (Å²) in [6.45, 7) is 0.635. The lowest BCUT2D eigenvalue weighted by atomic mass is 10.0. The summed E-state index contributed by atoms with van der Waals surface area (Å²) in [6.07, 6.45) is 0.949. The Morgan fingerprint density at radius 3 is 2.43 bits per heavy atom. The van der Waals surface area contributed by atoms with Crippen LogP contribution in [0.25, 0.3) is 10.8 Å². The van der Waals surface area contributed by atoms with Crippen LogP contribution in [0.3, 0.4) is 0 Å². The molecule has 0 radical (unpaired) electrons. The molecule has 0 aliphatic rings. The van der Waals surface area contributed by atoms with Crippen LogP contribution in [0.2, 0.25) is 0 Å². The molecule has 1 amide bonds. The van der Waals surface area contributed by atoms with E-state index < -0.39 is 28.5 Å². The van der Waals surface area contributed by atoms with E-state index in [0.717, 1.165) is 45.7 Å². The predicted molar refractivity (Wildman–Crippen MR) is 164 cm³/mol. The van der Waals surface area contributed by atoms with E-state index in [-0.39, 0.29) is 24.3 Å². The fraction of sp³-hybridized carbons (Fsp3) is 0.143. The van der Waals surface area contributed by atoms with Gasteiger partial charge in [-0.25, -0.2) is 13.0 Å². The Morgan fingerprint density at radius 1 is 0.795 bits per heavy atom. The van der Waals surface area contributed by atoms with E-state index in [4.69, 9.17) is 14.7 Å². The van der Waals surface area contributed by atoms with Crippen molar-refractivity contribution in [2.45, 2.75) is 30.8 Å². The minimum absolute atomic E-state index is 0.00670. The first-order valence-corrected chi connectivity index (χ1v) is 15.0. The number of rotatable bonds is 12. The molecule has 44 heavy (non-hydrogen) atoms. The maximum atomic E-state index is 13.5. The number of amides is 1. The van der Waals surface area contributed by atoms with Crippen molar-refractivity contribution in [1.82, 2.24) is 4.72 Å². The van der Waals surface area contributed by atoms with E-state index in [1.54, 1.807) is 24.3 Å². The van der Waals surface area contributed by atoms with E-state index in [1.807, 2.05) is 30.3 Å². The standard InChI is InChI=1S/C35H28F2N2O4S/c36-32-14-13-31(21-33(32)37)44(41)39-35(40)15-12-28-11-9-26(23-43-30-7-3-4-25(19-30)22-38)20-34(28)42-17-16-24-8-10-27-5-1-2-6-29(27)18-24/h1-11,13-14,18-21H,12,15-17,23H2,(H,39,40). The molecule has 1 atom stereocenters. The third kappa shape index (κ3) is 8.06. The fourth-order valence-electron chi connectivity index (χ4n) is 4.58. The molecule has 0 aliphatic heterocycles. The number of halogens is 2. The molecule has 1 N–H and O–H groups in total. The molecule has 1 unspecified atom stereocenters. The molecule has 0 saturated heterocycles. The van der Waals surface area contributed by atoms with Crippen LogP contribution in [0.15, 0.2) is 108 Å². The van der Waals surface area contributed by atoms with Crippen molar-refractivity contribution in [3.63, 3.8) is 0 Å². The van der Waals surface area contributed by atoms with Crippen molar-refractivity contribution in [2.75, 3.05) is 6.61 Å². The summed E-state index contributed by atoms with van der Waals surface area (Å²) in [5, 5.41) is 11.5. The van der Waals surface area contributed by atoms with Gasteiger partial charge in [0.2, 0.25) is 5.91 Å². The second kappa shape index (κ2) is 14.4. The molecule has 6 nitrogen and oxygen atoms in total. The molecule has 222 valence electrons. The highest BCUT2D eigenvalue weighted by atomic mass is 32.2. The van der Waals surface area contributed by atoms with Gasteiger partial charge in [-0.3, -0.25) is 9.52 Å². The van der Waals surface area contributed by atoms with Crippen molar-refractivity contribution < 1.29 is 27.3 Å². The number of carbonyl (C=O) groups excluding carboxylic acids is 1. The second-order valence-corrected chi connectivity index (χ2v) is 11.2. The van der Waals surface area contributed by atoms with Crippen LogP contribution in [0.4, 0.5) is 8.78 Å². The zero-order valence-corrected chi connectivity index (χ0v) is 24.4. The van der Waals surface area contributed by atoms with Crippen LogP contribution in [0.5, 0.6) is 11.5 Å². The second-order valence-electron chi connectivity index (χ2n) is 10.0. The largest absolute Gasteiger partial charge is 0.493 e. The Balaban J connectivity index is 1.26. The average Bonchev–Trinajstić information content (AvgIpc) is 3.04. The number of benzene rings is 5. The first kappa shape index (κ1) is 30.4. The zero-order valence-electron chi connectivity index (χ0n) is 23.6. The molecule has 5 rings (SSSR count). The number of fused-ring (bicyclic) bond motifs is 1. The van der Waals surface area contributed by atoms with E-state index in [1.165, 1.54) is 0 Å². The van der Waals surface area contributed by atoms with E-state index in [2.05, 4.69) is 41.1 Å². The number of nitrogens with zero attached hydrogens (tertiary/aromatic N) is 1. The topological polar surface area (TPSA) is 88.4 Å². The molecule has 5 aromatic rings.